The van der Waals surface area contributed by atoms with Gasteiger partial charge in [-0.15, -0.1) is 0 Å². The summed E-state index contributed by atoms with van der Waals surface area (Å²) in [6.45, 7) is 4.82. The van der Waals surface area contributed by atoms with Gasteiger partial charge in [-0.1, -0.05) is 30.3 Å². The Balaban J connectivity index is 1.50. The van der Waals surface area contributed by atoms with Gasteiger partial charge in [-0.25, -0.2) is 13.6 Å². The first kappa shape index (κ1) is 29.3. The monoisotopic (exact) mass is 557 g/mol. The van der Waals surface area contributed by atoms with Gasteiger partial charge in [0.2, 0.25) is 0 Å². The van der Waals surface area contributed by atoms with Crippen molar-refractivity contribution < 1.29 is 32.6 Å². The Labute approximate surface area is 233 Å². The van der Waals surface area contributed by atoms with Crippen LogP contribution in [-0.2, 0) is 4.74 Å². The van der Waals surface area contributed by atoms with Crippen LogP contribution in [0.3, 0.4) is 0 Å². The van der Waals surface area contributed by atoms with Crippen LogP contribution in [0, 0.1) is 0 Å². The van der Waals surface area contributed by atoms with Crippen molar-refractivity contribution in [2.45, 2.75) is 63.3 Å². The molecule has 3 unspecified atom stereocenters. The Hall–Kier alpha value is -3.69. The fourth-order valence-electron chi connectivity index (χ4n) is 5.32. The molecular formula is C30H37F2N3O5. The molecule has 0 radical (unpaired) electrons. The van der Waals surface area contributed by atoms with Crippen molar-refractivity contribution in [2.75, 3.05) is 33.4 Å². The van der Waals surface area contributed by atoms with Crippen LogP contribution < -0.4 is 15.4 Å². The first-order chi connectivity index (χ1) is 18.9. The Morgan fingerprint density at radius 1 is 1.15 bits per heavy atom. The molecule has 1 fully saturated rings. The summed E-state index contributed by atoms with van der Waals surface area (Å²) in [4.78, 5) is 39.7. The van der Waals surface area contributed by atoms with Crippen molar-refractivity contribution in [3.63, 3.8) is 0 Å². The van der Waals surface area contributed by atoms with Crippen LogP contribution in [-0.4, -0.2) is 73.5 Å². The number of alkyl halides is 2. The second kappa shape index (κ2) is 11.8. The van der Waals surface area contributed by atoms with E-state index in [0.717, 1.165) is 5.56 Å². The van der Waals surface area contributed by atoms with Crippen molar-refractivity contribution in [1.82, 2.24) is 15.5 Å². The van der Waals surface area contributed by atoms with Crippen LogP contribution in [0.1, 0.15) is 77.8 Å². The molecule has 2 aliphatic rings. The van der Waals surface area contributed by atoms with Gasteiger partial charge in [0.1, 0.15) is 29.8 Å². The Morgan fingerprint density at radius 2 is 1.88 bits per heavy atom. The van der Waals surface area contributed by atoms with E-state index in [4.69, 9.17) is 9.47 Å². The lowest BCUT2D eigenvalue weighted by Crippen LogP contribution is -2.50. The van der Waals surface area contributed by atoms with Gasteiger partial charge in [0.25, 0.3) is 11.8 Å². The largest absolute Gasteiger partial charge is 0.486 e. The summed E-state index contributed by atoms with van der Waals surface area (Å²) in [7, 11) is 1.46. The number of rotatable bonds is 7. The molecule has 2 heterocycles. The van der Waals surface area contributed by atoms with E-state index in [1.807, 2.05) is 30.3 Å². The molecule has 8 nitrogen and oxygen atoms in total. The number of amides is 3. The number of hydrogen-bond donors (Lipinski definition) is 2. The van der Waals surface area contributed by atoms with Crippen LogP contribution >= 0.6 is 0 Å². The number of ether oxygens (including phenoxy) is 2. The van der Waals surface area contributed by atoms with Crippen LogP contribution in [0.15, 0.2) is 42.5 Å². The highest BCUT2D eigenvalue weighted by Gasteiger charge is 2.40. The van der Waals surface area contributed by atoms with Crippen LogP contribution in [0.5, 0.6) is 5.75 Å². The van der Waals surface area contributed by atoms with Gasteiger partial charge >= 0.3 is 6.09 Å². The number of halogens is 2. The molecule has 4 rings (SSSR count). The lowest BCUT2D eigenvalue weighted by Gasteiger charge is -2.38. The van der Waals surface area contributed by atoms with Gasteiger partial charge in [-0.3, -0.25) is 9.59 Å². The highest BCUT2D eigenvalue weighted by Crippen LogP contribution is 2.45. The topological polar surface area (TPSA) is 97.0 Å². The molecule has 0 spiro atoms. The maximum Gasteiger partial charge on any atom is 0.410 e. The number of nitrogens with one attached hydrogen (secondary N) is 2. The predicted octanol–water partition coefficient (Wildman–Crippen LogP) is 4.77. The second-order valence-electron chi connectivity index (χ2n) is 11.4. The Kier molecular flexibility index (Phi) is 8.65. The fourth-order valence-corrected chi connectivity index (χ4v) is 5.32. The minimum atomic E-state index is -1.67. The molecule has 2 aromatic carbocycles. The van der Waals surface area contributed by atoms with E-state index >= 15 is 4.39 Å². The number of hydrogen-bond acceptors (Lipinski definition) is 5. The molecule has 2 aromatic rings. The van der Waals surface area contributed by atoms with Gasteiger partial charge in [0.15, 0.2) is 0 Å². The van der Waals surface area contributed by atoms with Crippen molar-refractivity contribution in [1.29, 1.82) is 0 Å². The van der Waals surface area contributed by atoms with E-state index in [2.05, 4.69) is 10.6 Å². The average Bonchev–Trinajstić information content (AvgIpc) is 3.30. The molecule has 1 saturated heterocycles. The molecular weight excluding hydrogens is 520 g/mol. The average molecular weight is 558 g/mol. The number of nitrogens with zero attached hydrogens (tertiary/aromatic N) is 1. The highest BCUT2D eigenvalue weighted by molar-refractivity contribution is 6.02. The van der Waals surface area contributed by atoms with Gasteiger partial charge in [0, 0.05) is 37.7 Å². The molecule has 0 aliphatic carbocycles. The molecule has 0 bridgehead atoms. The van der Waals surface area contributed by atoms with Crippen molar-refractivity contribution in [3.8, 4) is 5.75 Å². The molecule has 2 aliphatic heterocycles. The maximum absolute atomic E-state index is 15.7. The third kappa shape index (κ3) is 6.54. The molecule has 0 aromatic heterocycles. The van der Waals surface area contributed by atoms with E-state index < -0.39 is 47.9 Å². The van der Waals surface area contributed by atoms with Crippen LogP contribution in [0.25, 0.3) is 0 Å². The highest BCUT2D eigenvalue weighted by atomic mass is 19.1. The van der Waals surface area contributed by atoms with Crippen molar-refractivity contribution >= 4 is 17.9 Å². The van der Waals surface area contributed by atoms with E-state index in [9.17, 15) is 18.8 Å². The van der Waals surface area contributed by atoms with Gasteiger partial charge in [-0.2, -0.15) is 0 Å². The van der Waals surface area contributed by atoms with Crippen LogP contribution in [0.4, 0.5) is 13.6 Å². The van der Waals surface area contributed by atoms with Gasteiger partial charge < -0.3 is 25.0 Å². The van der Waals surface area contributed by atoms with E-state index in [-0.39, 0.29) is 42.8 Å². The summed E-state index contributed by atoms with van der Waals surface area (Å²) in [5.74, 6) is -1.22. The fraction of sp³-hybridized carbons (Fsp3) is 0.500. The molecule has 40 heavy (non-hydrogen) atoms. The summed E-state index contributed by atoms with van der Waals surface area (Å²) >= 11 is 0. The quantitative estimate of drug-likeness (QED) is 0.512. The van der Waals surface area contributed by atoms with Crippen molar-refractivity contribution in [3.05, 3.63) is 64.7 Å². The summed E-state index contributed by atoms with van der Waals surface area (Å²) < 4.78 is 41.0. The summed E-state index contributed by atoms with van der Waals surface area (Å²) in [6.07, 6.45) is -0.640. The molecule has 0 saturated carbocycles. The standard InChI is InChI=1S/C30H37F2N3O5/c1-29(2,3)40-28(38)35-14-8-11-30(32,18-35)12-13-34-26(36)20-15-21-24(19-9-6-5-7-10-19)23(17-31)39-25(21)22(16-20)27(37)33-4/h5-7,9-10,15-16,23-24H,8,11-14,17-18H2,1-4H3,(H,33,37)(H,34,36). The Bertz CT molecular complexity index is 1250. The minimum absolute atomic E-state index is 0.00492. The van der Waals surface area contributed by atoms with E-state index in [0.29, 0.717) is 18.5 Å². The number of carbonyl (C=O) groups excluding carboxylic acids is 3. The first-order valence-electron chi connectivity index (χ1n) is 13.6. The molecule has 10 heteroatoms. The van der Waals surface area contributed by atoms with Crippen LogP contribution in [0.2, 0.25) is 0 Å². The number of fused-ring (bicyclic) bond motifs is 1. The van der Waals surface area contributed by atoms with Crippen molar-refractivity contribution in [2.24, 2.45) is 0 Å². The molecule has 3 amide bonds. The summed E-state index contributed by atoms with van der Waals surface area (Å²) in [5, 5.41) is 5.30. The van der Waals surface area contributed by atoms with Gasteiger partial charge in [-0.05, 0) is 51.3 Å². The maximum atomic E-state index is 15.7. The summed E-state index contributed by atoms with van der Waals surface area (Å²) in [6, 6.07) is 12.2. The third-order valence-electron chi connectivity index (χ3n) is 7.18. The lowest BCUT2D eigenvalue weighted by atomic mass is 9.86. The SMILES string of the molecule is CNC(=O)c1cc(C(=O)NCCC2(F)CCCN(C(=O)OC(C)(C)C)C2)cc2c1OC(CF)C2c1ccccc1. The number of benzene rings is 2. The summed E-state index contributed by atoms with van der Waals surface area (Å²) in [5.41, 5.74) is -0.691. The third-order valence-corrected chi connectivity index (χ3v) is 7.18. The second-order valence-corrected chi connectivity index (χ2v) is 11.4. The zero-order chi connectivity index (χ0) is 29.1. The van der Waals surface area contributed by atoms with Gasteiger partial charge in [0.05, 0.1) is 18.0 Å². The normalized spacial score (nSPS) is 22.2. The molecule has 3 atom stereocenters. The Morgan fingerprint density at radius 3 is 2.52 bits per heavy atom. The number of piperidine rings is 1. The predicted molar refractivity (Wildman–Crippen MR) is 146 cm³/mol. The smallest absolute Gasteiger partial charge is 0.410 e. The number of likely N-dealkylation sites (tertiary alicyclic amines) is 1. The van der Waals surface area contributed by atoms with E-state index in [1.54, 1.807) is 26.8 Å². The van der Waals surface area contributed by atoms with E-state index in [1.165, 1.54) is 18.0 Å². The minimum Gasteiger partial charge on any atom is -0.486 e. The zero-order valence-corrected chi connectivity index (χ0v) is 23.4. The zero-order valence-electron chi connectivity index (χ0n) is 23.4. The molecule has 2 N–H and O–H groups in total. The first-order valence-corrected chi connectivity index (χ1v) is 13.6. The molecule has 216 valence electrons. The number of carbonyl (C=O) groups is 3. The lowest BCUT2D eigenvalue weighted by molar-refractivity contribution is -0.00740.